The van der Waals surface area contributed by atoms with Crippen LogP contribution in [0.15, 0.2) is 53.5 Å². The number of para-hydroxylation sites is 1. The van der Waals surface area contributed by atoms with E-state index in [9.17, 15) is 4.79 Å². The standard InChI is InChI=1S/C19H24N4O2/c1-14(24)22-17-9-7-15(8-10-17)11-12-21-19(20)23-18-6-4-3-5-16(18)13-25-2/h3-10H,11-13H2,1-2H3,(H,22,24)(H3,20,21,23). The highest BCUT2D eigenvalue weighted by Gasteiger charge is 2.02. The van der Waals surface area contributed by atoms with Crippen molar-refractivity contribution in [1.82, 2.24) is 0 Å². The Balaban J connectivity index is 1.88. The molecule has 2 rings (SSSR count). The molecule has 0 heterocycles. The van der Waals surface area contributed by atoms with Crippen LogP contribution in [0.2, 0.25) is 0 Å². The molecule has 0 aliphatic carbocycles. The summed E-state index contributed by atoms with van der Waals surface area (Å²) < 4.78 is 5.18. The van der Waals surface area contributed by atoms with Crippen molar-refractivity contribution in [2.75, 3.05) is 24.3 Å². The van der Waals surface area contributed by atoms with E-state index in [0.29, 0.717) is 19.1 Å². The van der Waals surface area contributed by atoms with Gasteiger partial charge in [0.05, 0.1) is 6.61 Å². The molecule has 0 aromatic heterocycles. The summed E-state index contributed by atoms with van der Waals surface area (Å²) in [5.41, 5.74) is 9.80. The first-order chi connectivity index (χ1) is 12.1. The normalized spacial score (nSPS) is 11.2. The van der Waals surface area contributed by atoms with Crippen LogP contribution >= 0.6 is 0 Å². The van der Waals surface area contributed by atoms with Gasteiger partial charge in [-0.1, -0.05) is 30.3 Å². The van der Waals surface area contributed by atoms with Crippen LogP contribution in [0.1, 0.15) is 18.1 Å². The molecule has 1 amide bonds. The summed E-state index contributed by atoms with van der Waals surface area (Å²) in [6, 6.07) is 15.5. The SMILES string of the molecule is COCc1ccccc1NC(N)=NCCc1ccc(NC(C)=O)cc1. The number of nitrogens with zero attached hydrogens (tertiary/aromatic N) is 1. The second kappa shape index (κ2) is 9.44. The number of hydrogen-bond acceptors (Lipinski definition) is 3. The van der Waals surface area contributed by atoms with E-state index in [-0.39, 0.29) is 5.91 Å². The van der Waals surface area contributed by atoms with Crippen LogP contribution in [0.3, 0.4) is 0 Å². The maximum absolute atomic E-state index is 11.0. The van der Waals surface area contributed by atoms with Crippen LogP contribution in [-0.2, 0) is 22.6 Å². The first kappa shape index (κ1) is 18.5. The third-order valence-electron chi connectivity index (χ3n) is 3.54. The summed E-state index contributed by atoms with van der Waals surface area (Å²) >= 11 is 0. The molecule has 132 valence electrons. The van der Waals surface area contributed by atoms with E-state index >= 15 is 0 Å². The zero-order chi connectivity index (χ0) is 18.1. The van der Waals surface area contributed by atoms with Gasteiger partial charge in [0, 0.05) is 37.5 Å². The smallest absolute Gasteiger partial charge is 0.221 e. The number of benzene rings is 2. The Morgan fingerprint density at radius 2 is 1.84 bits per heavy atom. The number of methoxy groups -OCH3 is 1. The van der Waals surface area contributed by atoms with Gasteiger partial charge >= 0.3 is 0 Å². The molecule has 0 aliphatic rings. The van der Waals surface area contributed by atoms with Crippen LogP contribution in [0, 0.1) is 0 Å². The minimum atomic E-state index is -0.0787. The summed E-state index contributed by atoms with van der Waals surface area (Å²) in [7, 11) is 1.66. The van der Waals surface area contributed by atoms with Crippen LogP contribution in [-0.4, -0.2) is 25.5 Å². The fraction of sp³-hybridized carbons (Fsp3) is 0.263. The molecule has 2 aromatic carbocycles. The molecular formula is C19H24N4O2. The van der Waals surface area contributed by atoms with Gasteiger partial charge in [0.15, 0.2) is 5.96 Å². The molecule has 25 heavy (non-hydrogen) atoms. The van der Waals surface area contributed by atoms with Crippen molar-refractivity contribution in [3.05, 3.63) is 59.7 Å². The van der Waals surface area contributed by atoms with Gasteiger partial charge in [-0.3, -0.25) is 9.79 Å². The molecular weight excluding hydrogens is 316 g/mol. The zero-order valence-corrected chi connectivity index (χ0v) is 14.6. The molecule has 0 aliphatic heterocycles. The molecule has 0 saturated heterocycles. The van der Waals surface area contributed by atoms with E-state index in [1.807, 2.05) is 48.5 Å². The van der Waals surface area contributed by atoms with Crippen LogP contribution in [0.5, 0.6) is 0 Å². The Morgan fingerprint density at radius 3 is 2.52 bits per heavy atom. The number of amides is 1. The van der Waals surface area contributed by atoms with E-state index in [4.69, 9.17) is 10.5 Å². The van der Waals surface area contributed by atoms with Gasteiger partial charge in [0.25, 0.3) is 0 Å². The number of hydrogen-bond donors (Lipinski definition) is 3. The zero-order valence-electron chi connectivity index (χ0n) is 14.6. The largest absolute Gasteiger partial charge is 0.380 e. The molecule has 0 saturated carbocycles. The number of anilines is 2. The molecule has 0 spiro atoms. The number of aliphatic imine (C=N–C) groups is 1. The summed E-state index contributed by atoms with van der Waals surface area (Å²) in [5.74, 6) is 0.295. The number of nitrogens with one attached hydrogen (secondary N) is 2. The molecule has 6 heteroatoms. The van der Waals surface area contributed by atoms with Gasteiger partial charge in [-0.05, 0) is 30.2 Å². The van der Waals surface area contributed by atoms with Crippen molar-refractivity contribution in [1.29, 1.82) is 0 Å². The molecule has 2 aromatic rings. The first-order valence-electron chi connectivity index (χ1n) is 8.09. The minimum Gasteiger partial charge on any atom is -0.380 e. The average molecular weight is 340 g/mol. The highest BCUT2D eigenvalue weighted by Crippen LogP contribution is 2.15. The van der Waals surface area contributed by atoms with Gasteiger partial charge in [-0.2, -0.15) is 0 Å². The van der Waals surface area contributed by atoms with Crippen LogP contribution < -0.4 is 16.4 Å². The predicted octanol–water partition coefficient (Wildman–Crippen LogP) is 2.76. The van der Waals surface area contributed by atoms with E-state index in [1.165, 1.54) is 6.92 Å². The van der Waals surface area contributed by atoms with Crippen molar-refractivity contribution in [3.63, 3.8) is 0 Å². The number of nitrogens with two attached hydrogens (primary N) is 1. The molecule has 0 atom stereocenters. The average Bonchev–Trinajstić information content (AvgIpc) is 2.58. The Morgan fingerprint density at radius 1 is 1.12 bits per heavy atom. The second-order valence-corrected chi connectivity index (χ2v) is 5.61. The van der Waals surface area contributed by atoms with Crippen molar-refractivity contribution in [3.8, 4) is 0 Å². The number of guanidine groups is 1. The summed E-state index contributed by atoms with van der Waals surface area (Å²) in [6.07, 6.45) is 0.766. The monoisotopic (exact) mass is 340 g/mol. The molecule has 0 fully saturated rings. The Bertz CT molecular complexity index is 726. The van der Waals surface area contributed by atoms with Crippen LogP contribution in [0.25, 0.3) is 0 Å². The van der Waals surface area contributed by atoms with Gasteiger partial charge in [0.2, 0.25) is 5.91 Å². The van der Waals surface area contributed by atoms with E-state index in [0.717, 1.165) is 28.9 Å². The molecule has 6 nitrogen and oxygen atoms in total. The number of carbonyl (C=O) groups is 1. The van der Waals surface area contributed by atoms with Crippen molar-refractivity contribution in [2.45, 2.75) is 20.0 Å². The topological polar surface area (TPSA) is 88.7 Å². The van der Waals surface area contributed by atoms with Crippen molar-refractivity contribution in [2.24, 2.45) is 10.7 Å². The lowest BCUT2D eigenvalue weighted by Crippen LogP contribution is -2.23. The number of rotatable bonds is 7. The summed E-state index contributed by atoms with van der Waals surface area (Å²) in [4.78, 5) is 15.4. The second-order valence-electron chi connectivity index (χ2n) is 5.61. The van der Waals surface area contributed by atoms with Gasteiger partial charge < -0.3 is 21.1 Å². The number of carbonyl (C=O) groups excluding carboxylic acids is 1. The third-order valence-corrected chi connectivity index (χ3v) is 3.54. The lowest BCUT2D eigenvalue weighted by atomic mass is 10.1. The summed E-state index contributed by atoms with van der Waals surface area (Å²) in [5, 5.41) is 5.86. The lowest BCUT2D eigenvalue weighted by molar-refractivity contribution is -0.114. The van der Waals surface area contributed by atoms with Gasteiger partial charge in [-0.15, -0.1) is 0 Å². The molecule has 0 radical (unpaired) electrons. The maximum atomic E-state index is 11.0. The predicted molar refractivity (Wildman–Crippen MR) is 102 cm³/mol. The molecule has 4 N–H and O–H groups in total. The van der Waals surface area contributed by atoms with E-state index in [1.54, 1.807) is 7.11 Å². The molecule has 0 unspecified atom stereocenters. The van der Waals surface area contributed by atoms with Gasteiger partial charge in [-0.25, -0.2) is 0 Å². The van der Waals surface area contributed by atoms with E-state index in [2.05, 4.69) is 15.6 Å². The Kier molecular flexibility index (Phi) is 6.98. The highest BCUT2D eigenvalue weighted by molar-refractivity contribution is 5.93. The fourth-order valence-corrected chi connectivity index (χ4v) is 2.36. The van der Waals surface area contributed by atoms with Crippen LogP contribution in [0.4, 0.5) is 11.4 Å². The van der Waals surface area contributed by atoms with Crippen molar-refractivity contribution < 1.29 is 9.53 Å². The number of ether oxygens (including phenoxy) is 1. The third kappa shape index (κ3) is 6.27. The van der Waals surface area contributed by atoms with Crippen molar-refractivity contribution >= 4 is 23.2 Å². The van der Waals surface area contributed by atoms with E-state index < -0.39 is 0 Å². The summed E-state index contributed by atoms with van der Waals surface area (Å²) in [6.45, 7) is 2.57. The minimum absolute atomic E-state index is 0.0787. The maximum Gasteiger partial charge on any atom is 0.221 e. The highest BCUT2D eigenvalue weighted by atomic mass is 16.5. The Hall–Kier alpha value is -2.86. The Labute approximate surface area is 148 Å². The van der Waals surface area contributed by atoms with Gasteiger partial charge in [0.1, 0.15) is 0 Å². The first-order valence-corrected chi connectivity index (χ1v) is 8.09. The fourth-order valence-electron chi connectivity index (χ4n) is 2.36. The lowest BCUT2D eigenvalue weighted by Gasteiger charge is -2.11. The molecule has 0 bridgehead atoms. The quantitative estimate of drug-likeness (QED) is 0.534.